The highest BCUT2D eigenvalue weighted by molar-refractivity contribution is 5.90. The number of nitrogens with one attached hydrogen (secondary N) is 2. The van der Waals surface area contributed by atoms with Crippen LogP contribution in [-0.4, -0.2) is 24.3 Å². The number of hydrogen-bond donors (Lipinski definition) is 3. The number of anilines is 1. The maximum Gasteiger partial charge on any atom is 0.319 e. The van der Waals surface area contributed by atoms with Crippen LogP contribution >= 0.6 is 0 Å². The van der Waals surface area contributed by atoms with E-state index in [-0.39, 0.29) is 12.6 Å². The van der Waals surface area contributed by atoms with Gasteiger partial charge < -0.3 is 20.5 Å². The summed E-state index contributed by atoms with van der Waals surface area (Å²) in [6.07, 6.45) is 0.737. The van der Waals surface area contributed by atoms with E-state index in [1.165, 1.54) is 0 Å². The molecule has 128 valence electrons. The Morgan fingerprint density at radius 2 is 1.83 bits per heavy atom. The van der Waals surface area contributed by atoms with E-state index < -0.39 is 0 Å². The van der Waals surface area contributed by atoms with Crippen molar-refractivity contribution in [1.82, 2.24) is 5.32 Å². The fourth-order valence-electron chi connectivity index (χ4n) is 2.33. The Balaban J connectivity index is 1.80. The minimum absolute atomic E-state index is 0.0440. The van der Waals surface area contributed by atoms with E-state index in [2.05, 4.69) is 10.6 Å². The second-order valence-electron chi connectivity index (χ2n) is 5.52. The number of urea groups is 1. The van der Waals surface area contributed by atoms with Crippen LogP contribution in [0.2, 0.25) is 0 Å². The number of amides is 2. The molecule has 0 atom stereocenters. The Bertz CT molecular complexity index is 669. The minimum atomic E-state index is -0.228. The molecule has 0 fully saturated rings. The molecular weight excluding hydrogens is 304 g/mol. The van der Waals surface area contributed by atoms with Crippen LogP contribution in [-0.2, 0) is 13.0 Å². The number of carbonyl (C=O) groups is 1. The van der Waals surface area contributed by atoms with Crippen molar-refractivity contribution in [3.8, 4) is 5.75 Å². The fourth-order valence-corrected chi connectivity index (χ4v) is 2.33. The lowest BCUT2D eigenvalue weighted by Gasteiger charge is -2.11. The molecular formula is C19H24N2O3. The van der Waals surface area contributed by atoms with E-state index in [1.54, 1.807) is 0 Å². The van der Waals surface area contributed by atoms with Gasteiger partial charge in [0, 0.05) is 12.2 Å². The van der Waals surface area contributed by atoms with Gasteiger partial charge >= 0.3 is 6.03 Å². The molecule has 0 spiro atoms. The monoisotopic (exact) mass is 328 g/mol. The van der Waals surface area contributed by atoms with Crippen LogP contribution in [0, 0.1) is 6.92 Å². The minimum Gasteiger partial charge on any atom is -0.494 e. The third-order valence-electron chi connectivity index (χ3n) is 3.66. The lowest BCUT2D eigenvalue weighted by molar-refractivity contribution is 0.252. The molecule has 2 amide bonds. The molecule has 2 rings (SSSR count). The van der Waals surface area contributed by atoms with Crippen molar-refractivity contribution in [2.75, 3.05) is 18.5 Å². The smallest absolute Gasteiger partial charge is 0.319 e. The third-order valence-corrected chi connectivity index (χ3v) is 3.66. The molecule has 24 heavy (non-hydrogen) atoms. The summed E-state index contributed by atoms with van der Waals surface area (Å²) < 4.78 is 5.43. The first-order valence-corrected chi connectivity index (χ1v) is 8.09. The molecule has 2 aromatic rings. The normalized spacial score (nSPS) is 10.3. The first-order chi connectivity index (χ1) is 11.6. The number of ether oxygens (including phenoxy) is 1. The molecule has 0 bridgehead atoms. The zero-order valence-corrected chi connectivity index (χ0v) is 14.1. The molecule has 5 nitrogen and oxygen atoms in total. The van der Waals surface area contributed by atoms with Crippen molar-refractivity contribution in [3.63, 3.8) is 0 Å². The van der Waals surface area contributed by atoms with E-state index in [1.807, 2.05) is 56.3 Å². The highest BCUT2D eigenvalue weighted by atomic mass is 16.5. The van der Waals surface area contributed by atoms with Gasteiger partial charge in [0.05, 0.1) is 13.2 Å². The predicted octanol–water partition coefficient (Wildman–Crippen LogP) is 3.25. The third kappa shape index (κ3) is 5.28. The van der Waals surface area contributed by atoms with Crippen LogP contribution in [0.4, 0.5) is 10.5 Å². The molecule has 0 aliphatic heterocycles. The van der Waals surface area contributed by atoms with Gasteiger partial charge in [-0.1, -0.05) is 24.3 Å². The molecule has 0 aliphatic carbocycles. The highest BCUT2D eigenvalue weighted by Gasteiger charge is 2.05. The number of carbonyl (C=O) groups excluding carboxylic acids is 1. The van der Waals surface area contributed by atoms with Gasteiger partial charge in [0.25, 0.3) is 0 Å². The van der Waals surface area contributed by atoms with Crippen LogP contribution in [0.3, 0.4) is 0 Å². The van der Waals surface area contributed by atoms with Crippen molar-refractivity contribution in [2.45, 2.75) is 26.9 Å². The molecule has 2 aromatic carbocycles. The van der Waals surface area contributed by atoms with Gasteiger partial charge in [-0.05, 0) is 55.2 Å². The molecule has 0 aliphatic rings. The summed E-state index contributed by atoms with van der Waals surface area (Å²) in [6.45, 7) is 5.07. The Labute approximate surface area is 142 Å². The molecule has 0 aromatic heterocycles. The lowest BCUT2D eigenvalue weighted by Crippen LogP contribution is -2.30. The average molecular weight is 328 g/mol. The maximum atomic E-state index is 12.0. The van der Waals surface area contributed by atoms with Crippen LogP contribution < -0.4 is 15.4 Å². The standard InChI is InChI=1S/C19H24N2O3/c1-3-24-17-8-9-18(14(2)12-17)21-19(23)20-11-10-15-4-6-16(13-22)7-5-15/h4-9,12,22H,3,10-11,13H2,1-2H3,(H2,20,21,23). The van der Waals surface area contributed by atoms with Crippen LogP contribution in [0.15, 0.2) is 42.5 Å². The molecule has 0 heterocycles. The Morgan fingerprint density at radius 1 is 1.12 bits per heavy atom. The molecule has 5 heteroatoms. The first-order valence-electron chi connectivity index (χ1n) is 8.09. The van der Waals surface area contributed by atoms with Gasteiger partial charge in [0.2, 0.25) is 0 Å². The first kappa shape index (κ1) is 17.8. The Hall–Kier alpha value is -2.53. The molecule has 0 unspecified atom stereocenters. The quantitative estimate of drug-likeness (QED) is 0.731. The number of benzene rings is 2. The molecule has 0 radical (unpaired) electrons. The lowest BCUT2D eigenvalue weighted by atomic mass is 10.1. The summed E-state index contributed by atoms with van der Waals surface area (Å²) in [7, 11) is 0. The molecule has 0 saturated heterocycles. The molecule has 0 saturated carbocycles. The van der Waals surface area contributed by atoms with Crippen LogP contribution in [0.5, 0.6) is 5.75 Å². The maximum absolute atomic E-state index is 12.0. The Kier molecular flexibility index (Phi) is 6.63. The van der Waals surface area contributed by atoms with Crippen LogP contribution in [0.1, 0.15) is 23.6 Å². The van der Waals surface area contributed by atoms with Gasteiger partial charge in [-0.25, -0.2) is 4.79 Å². The summed E-state index contributed by atoms with van der Waals surface area (Å²) in [5, 5.41) is 14.7. The summed E-state index contributed by atoms with van der Waals surface area (Å²) >= 11 is 0. The van der Waals surface area contributed by atoms with Gasteiger partial charge in [0.15, 0.2) is 0 Å². The van der Waals surface area contributed by atoms with Crippen LogP contribution in [0.25, 0.3) is 0 Å². The van der Waals surface area contributed by atoms with E-state index in [9.17, 15) is 4.79 Å². The zero-order chi connectivity index (χ0) is 17.4. The summed E-state index contributed by atoms with van der Waals surface area (Å²) in [5.74, 6) is 0.798. The van der Waals surface area contributed by atoms with Crippen molar-refractivity contribution in [2.24, 2.45) is 0 Å². The number of aliphatic hydroxyl groups is 1. The van der Waals surface area contributed by atoms with E-state index in [0.717, 1.165) is 34.5 Å². The van der Waals surface area contributed by atoms with Crippen molar-refractivity contribution in [1.29, 1.82) is 0 Å². The predicted molar refractivity (Wildman–Crippen MR) is 95.4 cm³/mol. The summed E-state index contributed by atoms with van der Waals surface area (Å²) in [6, 6.07) is 13.1. The Morgan fingerprint density at radius 3 is 2.46 bits per heavy atom. The van der Waals surface area contributed by atoms with E-state index in [0.29, 0.717) is 13.2 Å². The van der Waals surface area contributed by atoms with Crippen molar-refractivity contribution < 1.29 is 14.6 Å². The van der Waals surface area contributed by atoms with Gasteiger partial charge in [-0.2, -0.15) is 0 Å². The van der Waals surface area contributed by atoms with E-state index in [4.69, 9.17) is 9.84 Å². The van der Waals surface area contributed by atoms with Gasteiger partial charge in [-0.15, -0.1) is 0 Å². The largest absolute Gasteiger partial charge is 0.494 e. The fraction of sp³-hybridized carbons (Fsp3) is 0.316. The summed E-state index contributed by atoms with van der Waals surface area (Å²) in [5.41, 5.74) is 3.72. The number of aliphatic hydroxyl groups excluding tert-OH is 1. The number of hydrogen-bond acceptors (Lipinski definition) is 3. The van der Waals surface area contributed by atoms with E-state index >= 15 is 0 Å². The number of aryl methyl sites for hydroxylation is 1. The SMILES string of the molecule is CCOc1ccc(NC(=O)NCCc2ccc(CO)cc2)c(C)c1. The summed E-state index contributed by atoms with van der Waals surface area (Å²) in [4.78, 5) is 12.0. The topological polar surface area (TPSA) is 70.6 Å². The molecule has 3 N–H and O–H groups in total. The zero-order valence-electron chi connectivity index (χ0n) is 14.1. The van der Waals surface area contributed by atoms with Gasteiger partial charge in [0.1, 0.15) is 5.75 Å². The average Bonchev–Trinajstić information content (AvgIpc) is 2.58. The second kappa shape index (κ2) is 8.93. The number of rotatable bonds is 7. The van der Waals surface area contributed by atoms with Crippen molar-refractivity contribution >= 4 is 11.7 Å². The highest BCUT2D eigenvalue weighted by Crippen LogP contribution is 2.21. The van der Waals surface area contributed by atoms with Crippen molar-refractivity contribution in [3.05, 3.63) is 59.2 Å². The second-order valence-corrected chi connectivity index (χ2v) is 5.52. The van der Waals surface area contributed by atoms with Gasteiger partial charge in [-0.3, -0.25) is 0 Å².